The second-order valence-corrected chi connectivity index (χ2v) is 14.8. The highest BCUT2D eigenvalue weighted by atomic mass is 32.2. The molecule has 0 spiro atoms. The number of aliphatic hydroxyl groups excluding tert-OH is 10. The van der Waals surface area contributed by atoms with E-state index < -0.39 is 154 Å². The molecule has 2 saturated heterocycles. The van der Waals surface area contributed by atoms with Crippen LogP contribution in [0.15, 0.2) is 47.0 Å². The lowest BCUT2D eigenvalue weighted by Crippen LogP contribution is -2.60. The molecule has 0 aromatic heterocycles. The Kier molecular flexibility index (Phi) is 13.6. The zero-order chi connectivity index (χ0) is 41.5. The molecule has 11 N–H and O–H groups in total. The highest BCUT2D eigenvalue weighted by molar-refractivity contribution is 8.12. The number of hydrogen-bond donors (Lipinski definition) is 11. The third-order valence-corrected chi connectivity index (χ3v) is 11.2. The van der Waals surface area contributed by atoms with Crippen molar-refractivity contribution in [3.05, 3.63) is 47.0 Å². The molecule has 0 radical (unpaired) electrons. The molecule has 4 heterocycles. The number of carbonyl (C=O) groups excluding carboxylic acids is 2. The van der Waals surface area contributed by atoms with Crippen LogP contribution in [0.4, 0.5) is 4.79 Å². The first kappa shape index (κ1) is 43.3. The van der Waals surface area contributed by atoms with Gasteiger partial charge in [0.05, 0.1) is 60.9 Å². The molecule has 2 aliphatic carbocycles. The third-order valence-electron chi connectivity index (χ3n) is 10.7. The molecule has 0 bridgehead atoms. The molecule has 318 valence electrons. The summed E-state index contributed by atoms with van der Waals surface area (Å²) in [5, 5.41) is 113. The lowest BCUT2D eigenvalue weighted by atomic mass is 9.82. The summed E-state index contributed by atoms with van der Waals surface area (Å²) in [7, 11) is 0. The first-order valence-corrected chi connectivity index (χ1v) is 18.9. The Bertz CT molecular complexity index is 1630. The molecule has 23 heteroatoms. The number of esters is 1. The van der Waals surface area contributed by atoms with Gasteiger partial charge in [0.2, 0.25) is 12.6 Å². The third kappa shape index (κ3) is 8.46. The van der Waals surface area contributed by atoms with Gasteiger partial charge in [-0.1, -0.05) is 12.2 Å². The summed E-state index contributed by atoms with van der Waals surface area (Å²) in [5.74, 6) is -7.09. The standard InChI is InChI=1S/C34H44O22S/c1-57-34(48)52-6-11-3-15(38)21-13(8-51-31(19(11)21)56-32-26(43)24(41)22(39)16(5-36)53-32)29(47)49-9-17-23(40)25(42)27(44)33(54-17)55-30-18-10(4-35)2-14(37)20(18)12(7-50-30)28(45)46/h2-3,7-8,14-27,30-33,35-44H,4-6,9H2,1H3,(H,45,46)/t14-,15-,16+,17+,18?,19?,20?,21?,22+,23+,24-,25-,26+,27+,30-,31-,32-,33-/m0/s1. The van der Waals surface area contributed by atoms with Gasteiger partial charge in [-0.3, -0.25) is 0 Å². The Morgan fingerprint density at radius 1 is 0.649 bits per heavy atom. The van der Waals surface area contributed by atoms with Crippen LogP contribution in [-0.4, -0.2) is 192 Å². The van der Waals surface area contributed by atoms with Gasteiger partial charge in [0, 0.05) is 11.8 Å². The number of thioether (sulfide) groups is 1. The number of carboxylic acid groups (broad SMARTS) is 1. The van der Waals surface area contributed by atoms with Crippen LogP contribution >= 0.6 is 11.8 Å². The summed E-state index contributed by atoms with van der Waals surface area (Å²) in [6.45, 7) is -2.58. The number of aliphatic hydroxyl groups is 10. The van der Waals surface area contributed by atoms with Crippen molar-refractivity contribution in [2.45, 2.75) is 86.2 Å². The molecule has 22 nitrogen and oxygen atoms in total. The van der Waals surface area contributed by atoms with Gasteiger partial charge in [-0.2, -0.15) is 0 Å². The summed E-state index contributed by atoms with van der Waals surface area (Å²) in [6.07, 6.45) is -17.6. The van der Waals surface area contributed by atoms with E-state index in [1.54, 1.807) is 0 Å². The van der Waals surface area contributed by atoms with E-state index in [4.69, 9.17) is 37.9 Å². The number of aliphatic carboxylic acids is 1. The summed E-state index contributed by atoms with van der Waals surface area (Å²) in [5.41, 5.74) is -0.245. The summed E-state index contributed by atoms with van der Waals surface area (Å²) >= 11 is 0.758. The van der Waals surface area contributed by atoms with Crippen LogP contribution in [-0.2, 0) is 47.5 Å². The molecule has 2 fully saturated rings. The molecule has 0 aromatic rings. The normalized spacial score (nSPS) is 42.6. The van der Waals surface area contributed by atoms with Gasteiger partial charge in [-0.25, -0.2) is 14.4 Å². The van der Waals surface area contributed by atoms with E-state index in [0.717, 1.165) is 24.3 Å². The topological polar surface area (TPSA) is 348 Å². The van der Waals surface area contributed by atoms with Gasteiger partial charge in [0.1, 0.15) is 62.0 Å². The van der Waals surface area contributed by atoms with Crippen molar-refractivity contribution in [1.29, 1.82) is 0 Å². The van der Waals surface area contributed by atoms with Gasteiger partial charge in [-0.15, -0.1) is 0 Å². The second-order valence-electron chi connectivity index (χ2n) is 14.0. The minimum Gasteiger partial charge on any atom is -0.478 e. The highest BCUT2D eigenvalue weighted by Crippen LogP contribution is 2.46. The molecular formula is C34H44O22S. The van der Waals surface area contributed by atoms with Crippen molar-refractivity contribution in [2.24, 2.45) is 23.7 Å². The SMILES string of the molecule is CSC(=O)OCC1=C[C@H](O)C2C(C(=O)OC[C@H]3O[C@@H](O[C@@H]4OC=C(C(=O)O)C5C4C(CO)=C[C@@H]5O)[C@H](O)[C@@H](O)[C@@H]3O)=CO[C@@H](O[C@@H]3O[C@H](CO)[C@@H](O)[C@H](O)[C@H]3O)C12. The highest BCUT2D eigenvalue weighted by Gasteiger charge is 2.54. The van der Waals surface area contributed by atoms with E-state index in [2.05, 4.69) is 0 Å². The second kappa shape index (κ2) is 17.9. The van der Waals surface area contributed by atoms with E-state index in [-0.39, 0.29) is 22.3 Å². The van der Waals surface area contributed by atoms with Crippen LogP contribution < -0.4 is 0 Å². The van der Waals surface area contributed by atoms with E-state index >= 15 is 0 Å². The summed E-state index contributed by atoms with van der Waals surface area (Å²) < 4.78 is 44.5. The Hall–Kier alpha value is -3.24. The largest absolute Gasteiger partial charge is 0.478 e. The first-order chi connectivity index (χ1) is 27.1. The molecule has 4 aliphatic heterocycles. The Labute approximate surface area is 326 Å². The van der Waals surface area contributed by atoms with E-state index in [1.807, 2.05) is 0 Å². The molecule has 0 aromatic carbocycles. The fraction of sp³-hybridized carbons (Fsp3) is 0.676. The quantitative estimate of drug-likeness (QED) is 0.0650. The minimum absolute atomic E-state index is 0.164. The van der Waals surface area contributed by atoms with E-state index in [1.165, 1.54) is 18.4 Å². The van der Waals surface area contributed by atoms with Gasteiger partial charge < -0.3 is 94.1 Å². The average Bonchev–Trinajstić information content (AvgIpc) is 3.72. The van der Waals surface area contributed by atoms with Crippen LogP contribution in [0.1, 0.15) is 0 Å². The van der Waals surface area contributed by atoms with Gasteiger partial charge in [0.15, 0.2) is 12.6 Å². The molecule has 6 rings (SSSR count). The predicted molar refractivity (Wildman–Crippen MR) is 181 cm³/mol. The minimum atomic E-state index is -1.95. The molecule has 57 heavy (non-hydrogen) atoms. The molecule has 18 atom stereocenters. The van der Waals surface area contributed by atoms with Gasteiger partial charge in [-0.05, 0) is 29.2 Å². The van der Waals surface area contributed by atoms with Crippen LogP contribution in [0.25, 0.3) is 0 Å². The molecular weight excluding hydrogens is 792 g/mol. The summed E-state index contributed by atoms with van der Waals surface area (Å²) in [6, 6.07) is 0. The molecule has 0 saturated carbocycles. The van der Waals surface area contributed by atoms with Crippen molar-refractivity contribution in [2.75, 3.05) is 32.7 Å². The fourth-order valence-corrected chi connectivity index (χ4v) is 7.95. The van der Waals surface area contributed by atoms with Crippen molar-refractivity contribution < 1.29 is 108 Å². The Morgan fingerprint density at radius 2 is 1.16 bits per heavy atom. The molecule has 0 amide bonds. The zero-order valence-electron chi connectivity index (χ0n) is 29.8. The number of hydrogen-bond acceptors (Lipinski definition) is 22. The van der Waals surface area contributed by atoms with Gasteiger partial charge in [0.25, 0.3) is 0 Å². The molecule has 6 aliphatic rings. The van der Waals surface area contributed by atoms with Crippen molar-refractivity contribution in [3.8, 4) is 0 Å². The Morgan fingerprint density at radius 3 is 1.70 bits per heavy atom. The number of fused-ring (bicyclic) bond motifs is 2. The molecule has 4 unspecified atom stereocenters. The smallest absolute Gasteiger partial charge is 0.367 e. The van der Waals surface area contributed by atoms with E-state index in [0.29, 0.717) is 0 Å². The lowest BCUT2D eigenvalue weighted by Gasteiger charge is -2.43. The van der Waals surface area contributed by atoms with Crippen molar-refractivity contribution >= 4 is 29.0 Å². The van der Waals surface area contributed by atoms with Crippen LogP contribution in [0, 0.1) is 23.7 Å². The summed E-state index contributed by atoms with van der Waals surface area (Å²) in [4.78, 5) is 37.4. The maximum absolute atomic E-state index is 13.6. The van der Waals surface area contributed by atoms with Crippen LogP contribution in [0.3, 0.4) is 0 Å². The zero-order valence-corrected chi connectivity index (χ0v) is 30.7. The Balaban J connectivity index is 1.17. The number of carboxylic acids is 1. The predicted octanol–water partition coefficient (Wildman–Crippen LogP) is -4.71. The van der Waals surface area contributed by atoms with Gasteiger partial charge >= 0.3 is 17.2 Å². The van der Waals surface area contributed by atoms with E-state index in [9.17, 15) is 70.6 Å². The first-order valence-electron chi connectivity index (χ1n) is 17.6. The maximum atomic E-state index is 13.6. The maximum Gasteiger partial charge on any atom is 0.367 e. The van der Waals surface area contributed by atoms with Crippen LogP contribution in [0.2, 0.25) is 0 Å². The number of rotatable bonds is 12. The fourth-order valence-electron chi connectivity index (χ4n) is 7.77. The number of ether oxygens (including phenoxy) is 8. The lowest BCUT2D eigenvalue weighted by molar-refractivity contribution is -0.341. The van der Waals surface area contributed by atoms with Crippen molar-refractivity contribution in [1.82, 2.24) is 0 Å². The van der Waals surface area contributed by atoms with Crippen molar-refractivity contribution in [3.63, 3.8) is 0 Å². The number of carbonyl (C=O) groups is 3. The monoisotopic (exact) mass is 836 g/mol. The van der Waals surface area contributed by atoms with Crippen LogP contribution in [0.5, 0.6) is 0 Å². The average molecular weight is 837 g/mol.